The fourth-order valence-electron chi connectivity index (χ4n) is 0.770. The summed E-state index contributed by atoms with van der Waals surface area (Å²) in [6.45, 7) is 0.353. The number of hydrogen-bond donors (Lipinski definition) is 4. The first-order valence-corrected chi connectivity index (χ1v) is 4.65. The molecule has 0 bridgehead atoms. The van der Waals surface area contributed by atoms with Gasteiger partial charge in [-0.2, -0.15) is 0 Å². The summed E-state index contributed by atoms with van der Waals surface area (Å²) in [5, 5.41) is 32.5. The van der Waals surface area contributed by atoms with Crippen LogP contribution in [0, 0.1) is 0 Å². The van der Waals surface area contributed by atoms with Gasteiger partial charge in [0, 0.05) is 18.6 Å². The number of rotatable bonds is 3. The summed E-state index contributed by atoms with van der Waals surface area (Å²) in [6, 6.07) is 0. The van der Waals surface area contributed by atoms with Gasteiger partial charge >= 0.3 is 18.0 Å². The van der Waals surface area contributed by atoms with Gasteiger partial charge in [0.05, 0.1) is 13.0 Å². The van der Waals surface area contributed by atoms with Gasteiger partial charge in [0.2, 0.25) is 0 Å². The van der Waals surface area contributed by atoms with Crippen LogP contribution in [0.3, 0.4) is 0 Å². The summed E-state index contributed by atoms with van der Waals surface area (Å²) in [4.78, 5) is 34.4. The summed E-state index contributed by atoms with van der Waals surface area (Å²) in [5.41, 5.74) is 0. The summed E-state index contributed by atoms with van der Waals surface area (Å²) < 4.78 is 0. The van der Waals surface area contributed by atoms with E-state index >= 15 is 0 Å². The molecule has 0 fully saturated rings. The summed E-state index contributed by atoms with van der Waals surface area (Å²) >= 11 is 0. The van der Waals surface area contributed by atoms with Gasteiger partial charge in [0.25, 0.3) is 0 Å². The molecule has 1 aliphatic rings. The normalized spacial score (nSPS) is 14.4. The molecule has 4 N–H and O–H groups in total. The quantitative estimate of drug-likeness (QED) is 0.530. The Hall–Kier alpha value is -2.42. The van der Waals surface area contributed by atoms with E-state index in [4.69, 9.17) is 20.4 Å². The summed E-state index contributed by atoms with van der Waals surface area (Å²) in [7, 11) is 0. The molecule has 0 aromatic heterocycles. The molecule has 1 amide bonds. The van der Waals surface area contributed by atoms with Crippen LogP contribution in [0.1, 0.15) is 6.42 Å². The molecule has 9 heteroatoms. The molecule has 0 unspecified atom stereocenters. The number of carboxylic acids is 2. The van der Waals surface area contributed by atoms with Gasteiger partial charge in [-0.15, -0.1) is 0 Å². The van der Waals surface area contributed by atoms with Crippen LogP contribution in [-0.2, 0) is 9.59 Å². The van der Waals surface area contributed by atoms with Gasteiger partial charge in [0.1, 0.15) is 0 Å². The molecular weight excluding hydrogens is 248 g/mol. The molecule has 1 atom stereocenters. The van der Waals surface area contributed by atoms with Crippen LogP contribution in [0.4, 0.5) is 4.79 Å². The van der Waals surface area contributed by atoms with Crippen molar-refractivity contribution in [1.29, 1.82) is 0 Å². The van der Waals surface area contributed by atoms with E-state index in [9.17, 15) is 14.4 Å². The topological polar surface area (TPSA) is 148 Å². The van der Waals surface area contributed by atoms with Crippen LogP contribution in [0.25, 0.3) is 0 Å². The number of aliphatic imine (C=N–C) groups is 1. The monoisotopic (exact) mass is 260 g/mol. The Labute approximate surface area is 101 Å². The molecule has 1 aliphatic heterocycles. The Balaban J connectivity index is 0.000000321. The minimum Gasteiger partial charge on any atom is -0.481 e. The van der Waals surface area contributed by atoms with Gasteiger partial charge < -0.3 is 20.4 Å². The van der Waals surface area contributed by atoms with Crippen LogP contribution >= 0.6 is 0 Å². The van der Waals surface area contributed by atoms with E-state index in [1.165, 1.54) is 18.6 Å². The number of amides is 1. The Morgan fingerprint density at radius 1 is 1.28 bits per heavy atom. The number of nitrogens with zero attached hydrogens (tertiary/aromatic N) is 2. The molecule has 0 aromatic rings. The van der Waals surface area contributed by atoms with Gasteiger partial charge in [-0.3, -0.25) is 14.7 Å². The maximum Gasteiger partial charge on any atom is 0.411 e. The second-order valence-electron chi connectivity index (χ2n) is 3.02. The minimum atomic E-state index is -1.79. The van der Waals surface area contributed by atoms with E-state index in [2.05, 4.69) is 4.99 Å². The largest absolute Gasteiger partial charge is 0.481 e. The van der Waals surface area contributed by atoms with Gasteiger partial charge in [-0.25, -0.2) is 9.59 Å². The van der Waals surface area contributed by atoms with Crippen molar-refractivity contribution in [2.24, 2.45) is 4.99 Å². The molecule has 1 heterocycles. The zero-order valence-electron chi connectivity index (χ0n) is 9.13. The number of hydrogen-bond acceptors (Lipinski definition) is 5. The maximum absolute atomic E-state index is 10.2. The Morgan fingerprint density at radius 2 is 1.89 bits per heavy atom. The van der Waals surface area contributed by atoms with Gasteiger partial charge in [0.15, 0.2) is 6.10 Å². The van der Waals surface area contributed by atoms with Crippen molar-refractivity contribution in [1.82, 2.24) is 4.90 Å². The molecule has 0 saturated carbocycles. The molecular formula is C9H12N2O7. The van der Waals surface area contributed by atoms with Crippen molar-refractivity contribution in [3.8, 4) is 0 Å². The smallest absolute Gasteiger partial charge is 0.411 e. The predicted octanol–water partition coefficient (Wildman–Crippen LogP) is -0.571. The van der Waals surface area contributed by atoms with Crippen LogP contribution in [-0.4, -0.2) is 62.2 Å². The van der Waals surface area contributed by atoms with E-state index < -0.39 is 30.6 Å². The fourth-order valence-corrected chi connectivity index (χ4v) is 0.770. The molecule has 100 valence electrons. The molecule has 0 saturated heterocycles. The van der Waals surface area contributed by atoms with Crippen molar-refractivity contribution in [2.75, 3.05) is 6.54 Å². The highest BCUT2D eigenvalue weighted by Gasteiger charge is 2.16. The Morgan fingerprint density at radius 3 is 2.11 bits per heavy atom. The number of carboxylic acid groups (broad SMARTS) is 3. The molecule has 0 aliphatic carbocycles. The van der Waals surface area contributed by atoms with Crippen molar-refractivity contribution < 1.29 is 34.8 Å². The lowest BCUT2D eigenvalue weighted by Crippen LogP contribution is -2.26. The lowest BCUT2D eigenvalue weighted by molar-refractivity contribution is -0.152. The highest BCUT2D eigenvalue weighted by molar-refractivity contribution is 5.79. The van der Waals surface area contributed by atoms with Gasteiger partial charge in [-0.05, 0) is 0 Å². The van der Waals surface area contributed by atoms with Crippen LogP contribution < -0.4 is 0 Å². The highest BCUT2D eigenvalue weighted by atomic mass is 16.4. The first-order chi connectivity index (χ1) is 8.34. The van der Waals surface area contributed by atoms with E-state index in [1.807, 2.05) is 0 Å². The molecule has 0 aromatic carbocycles. The third-order valence-electron chi connectivity index (χ3n) is 1.62. The van der Waals surface area contributed by atoms with E-state index in [0.717, 1.165) is 4.90 Å². The van der Waals surface area contributed by atoms with E-state index in [0.29, 0.717) is 6.54 Å². The Bertz CT molecular complexity index is 377. The van der Waals surface area contributed by atoms with Crippen molar-refractivity contribution >= 4 is 24.2 Å². The predicted molar refractivity (Wildman–Crippen MR) is 58.3 cm³/mol. The molecule has 0 radical (unpaired) electrons. The Kier molecular flexibility index (Phi) is 6.74. The maximum atomic E-state index is 10.2. The van der Waals surface area contributed by atoms with E-state index in [1.54, 1.807) is 0 Å². The standard InChI is InChI=1S/C5H6N2O2.C4H6O5/c8-5(9)7-3-1-6-2-4-7;5-2(4(8)9)1-3(6)7/h1-3H,4H2,(H,8,9);2,5H,1H2,(H,6,7)(H,8,9)/t;2-/m.0/s1. The number of aliphatic hydroxyl groups is 1. The zero-order chi connectivity index (χ0) is 14.1. The minimum absolute atomic E-state index is 0.353. The second kappa shape index (κ2) is 7.79. The number of aliphatic carboxylic acids is 2. The average Bonchev–Trinajstić information content (AvgIpc) is 2.30. The summed E-state index contributed by atoms with van der Waals surface area (Å²) in [6.07, 6.45) is 0.906. The van der Waals surface area contributed by atoms with Crippen molar-refractivity contribution in [2.45, 2.75) is 12.5 Å². The lowest BCUT2D eigenvalue weighted by atomic mass is 10.3. The lowest BCUT2D eigenvalue weighted by Gasteiger charge is -2.11. The fraction of sp³-hybridized carbons (Fsp3) is 0.333. The third-order valence-corrected chi connectivity index (χ3v) is 1.62. The van der Waals surface area contributed by atoms with Gasteiger partial charge in [-0.1, -0.05) is 0 Å². The first kappa shape index (κ1) is 15.6. The van der Waals surface area contributed by atoms with E-state index in [-0.39, 0.29) is 0 Å². The highest BCUT2D eigenvalue weighted by Crippen LogP contribution is 1.93. The number of aliphatic hydroxyl groups excluding tert-OH is 1. The second-order valence-corrected chi connectivity index (χ2v) is 3.02. The van der Waals surface area contributed by atoms with Crippen molar-refractivity contribution in [3.63, 3.8) is 0 Å². The SMILES string of the molecule is O=C(O)C[C@H](O)C(=O)O.O=C(O)N1C=CN=CC1. The van der Waals surface area contributed by atoms with Crippen molar-refractivity contribution in [3.05, 3.63) is 12.4 Å². The molecule has 18 heavy (non-hydrogen) atoms. The molecule has 9 nitrogen and oxygen atoms in total. The third kappa shape index (κ3) is 6.95. The first-order valence-electron chi connectivity index (χ1n) is 4.65. The average molecular weight is 260 g/mol. The zero-order valence-corrected chi connectivity index (χ0v) is 9.13. The molecule has 0 spiro atoms. The van der Waals surface area contributed by atoms with Crippen LogP contribution in [0.15, 0.2) is 17.4 Å². The van der Waals surface area contributed by atoms with Crippen LogP contribution in [0.5, 0.6) is 0 Å². The number of carbonyl (C=O) groups is 3. The molecule has 1 rings (SSSR count). The summed E-state index contributed by atoms with van der Waals surface area (Å²) in [5.74, 6) is -2.85. The van der Waals surface area contributed by atoms with Crippen LogP contribution in [0.2, 0.25) is 0 Å².